The van der Waals surface area contributed by atoms with E-state index >= 15 is 0 Å². The van der Waals surface area contributed by atoms with Gasteiger partial charge in [-0.05, 0) is 55.0 Å². The van der Waals surface area contributed by atoms with Crippen molar-refractivity contribution in [1.29, 1.82) is 0 Å². The smallest absolute Gasteiger partial charge is 0.328 e. The lowest BCUT2D eigenvalue weighted by Crippen LogP contribution is -2.53. The second-order valence-electron chi connectivity index (χ2n) is 9.20. The molecule has 4 rings (SSSR count). The van der Waals surface area contributed by atoms with Gasteiger partial charge in [-0.25, -0.2) is 4.79 Å². The van der Waals surface area contributed by atoms with Crippen LogP contribution in [0.4, 0.5) is 4.39 Å². The quantitative estimate of drug-likeness (QED) is 0.511. The molecule has 0 bridgehead atoms. The molecule has 0 aliphatic carbocycles. The van der Waals surface area contributed by atoms with Crippen molar-refractivity contribution in [2.24, 2.45) is 5.92 Å². The van der Waals surface area contributed by atoms with E-state index in [1.54, 1.807) is 6.08 Å². The maximum atomic E-state index is 13.5. The molecule has 31 heavy (non-hydrogen) atoms. The molecule has 0 saturated carbocycles. The lowest BCUT2D eigenvalue weighted by Gasteiger charge is -2.48. The monoisotopic (exact) mass is 420 g/mol. The lowest BCUT2D eigenvalue weighted by atomic mass is 9.80. The van der Waals surface area contributed by atoms with Crippen molar-refractivity contribution in [3.05, 3.63) is 77.0 Å². The molecule has 1 aliphatic rings. The van der Waals surface area contributed by atoms with Gasteiger partial charge in [0.25, 0.3) is 0 Å². The fourth-order valence-corrected chi connectivity index (χ4v) is 4.72. The van der Waals surface area contributed by atoms with Crippen LogP contribution in [0.15, 0.2) is 54.6 Å². The highest BCUT2D eigenvalue weighted by Crippen LogP contribution is 2.45. The highest BCUT2D eigenvalue weighted by atomic mass is 19.1. The van der Waals surface area contributed by atoms with E-state index < -0.39 is 5.97 Å². The molecule has 2 aromatic carbocycles. The van der Waals surface area contributed by atoms with E-state index in [1.807, 2.05) is 25.1 Å². The van der Waals surface area contributed by atoms with Crippen LogP contribution in [0.5, 0.6) is 0 Å². The molecule has 1 unspecified atom stereocenters. The molecule has 162 valence electrons. The number of benzene rings is 2. The molecule has 0 radical (unpaired) electrons. The van der Waals surface area contributed by atoms with Gasteiger partial charge in [0.05, 0.1) is 12.7 Å². The van der Waals surface area contributed by atoms with E-state index in [-0.39, 0.29) is 24.2 Å². The number of aliphatic carboxylic acids is 1. The summed E-state index contributed by atoms with van der Waals surface area (Å²) < 4.78 is 13.5. The third-order valence-electron chi connectivity index (χ3n) is 6.26. The zero-order valence-corrected chi connectivity index (χ0v) is 18.2. The zero-order valence-electron chi connectivity index (χ0n) is 18.2. The van der Waals surface area contributed by atoms with Gasteiger partial charge in [0.2, 0.25) is 0 Å². The second-order valence-corrected chi connectivity index (χ2v) is 9.20. The molecular weight excluding hydrogens is 391 g/mol. The maximum Gasteiger partial charge on any atom is 0.328 e. The van der Waals surface area contributed by atoms with Crippen LogP contribution in [0.25, 0.3) is 17.0 Å². The Balaban J connectivity index is 1.83. The molecule has 0 saturated heterocycles. The first-order chi connectivity index (χ1) is 14.8. The molecule has 0 spiro atoms. The van der Waals surface area contributed by atoms with Crippen LogP contribution in [0.1, 0.15) is 49.2 Å². The summed E-state index contributed by atoms with van der Waals surface area (Å²) in [6.07, 6.45) is 3.62. The maximum absolute atomic E-state index is 13.5. The Kier molecular flexibility index (Phi) is 5.71. The summed E-state index contributed by atoms with van der Waals surface area (Å²) in [5.74, 6) is -1.03. The highest BCUT2D eigenvalue weighted by Gasteiger charge is 2.42. The minimum Gasteiger partial charge on any atom is -0.478 e. The molecule has 5 heteroatoms. The fraction of sp³-hybridized carbons (Fsp3) is 0.346. The van der Waals surface area contributed by atoms with Gasteiger partial charge in [0, 0.05) is 34.8 Å². The number of nitrogens with zero attached hydrogens (tertiary/aromatic N) is 1. The molecule has 2 N–H and O–H groups in total. The minimum atomic E-state index is -0.966. The number of para-hydroxylation sites is 1. The van der Waals surface area contributed by atoms with Crippen LogP contribution in [-0.2, 0) is 11.2 Å². The Bertz CT molecular complexity index is 1110. The predicted molar refractivity (Wildman–Crippen MR) is 123 cm³/mol. The molecule has 0 amide bonds. The Hall–Kier alpha value is -2.92. The number of H-pyrrole nitrogens is 1. The van der Waals surface area contributed by atoms with Crippen LogP contribution in [0, 0.1) is 5.92 Å². The number of hydrogen-bond acceptors (Lipinski definition) is 2. The molecule has 2 heterocycles. The van der Waals surface area contributed by atoms with Gasteiger partial charge in [-0.15, -0.1) is 0 Å². The number of halogens is 1. The molecule has 1 aliphatic heterocycles. The number of carbonyl (C=O) groups is 1. The topological polar surface area (TPSA) is 56.3 Å². The van der Waals surface area contributed by atoms with Crippen LogP contribution in [-0.4, -0.2) is 39.7 Å². The number of hydrogen-bond donors (Lipinski definition) is 2. The van der Waals surface area contributed by atoms with Gasteiger partial charge in [0.15, 0.2) is 0 Å². The van der Waals surface area contributed by atoms with Crippen molar-refractivity contribution < 1.29 is 14.3 Å². The SMILES string of the molecule is C[C@H](CF)CN1C(c2ccc(C=CC(=O)O)cc2)c2[nH]c3ccccc3c2CC1(C)C. The van der Waals surface area contributed by atoms with Crippen molar-refractivity contribution >= 4 is 22.9 Å². The van der Waals surface area contributed by atoms with E-state index in [1.165, 1.54) is 16.6 Å². The highest BCUT2D eigenvalue weighted by molar-refractivity contribution is 5.86. The number of rotatable bonds is 6. The Morgan fingerprint density at radius 1 is 1.26 bits per heavy atom. The van der Waals surface area contributed by atoms with Crippen LogP contribution in [0.3, 0.4) is 0 Å². The zero-order chi connectivity index (χ0) is 22.2. The lowest BCUT2D eigenvalue weighted by molar-refractivity contribution is -0.131. The standard InChI is InChI=1S/C26H29FN2O2/c1-17(15-27)16-29-25(19-11-8-18(9-12-19)10-13-23(30)31)24-21(14-26(29,2)3)20-6-4-5-7-22(20)28-24/h4-13,17,25,28H,14-16H2,1-3H3,(H,30,31)/t17-,25?/m1/s1. The molecule has 0 fully saturated rings. The number of carboxylic acids is 1. The second kappa shape index (κ2) is 8.31. The number of aromatic amines is 1. The predicted octanol–water partition coefficient (Wildman–Crippen LogP) is 5.60. The van der Waals surface area contributed by atoms with Crippen molar-refractivity contribution in [2.45, 2.75) is 38.8 Å². The van der Waals surface area contributed by atoms with Crippen molar-refractivity contribution in [2.75, 3.05) is 13.2 Å². The average Bonchev–Trinajstić information content (AvgIpc) is 3.10. The summed E-state index contributed by atoms with van der Waals surface area (Å²) in [5.41, 5.74) is 5.41. The van der Waals surface area contributed by atoms with Crippen LogP contribution < -0.4 is 0 Å². The van der Waals surface area contributed by atoms with Gasteiger partial charge in [-0.2, -0.15) is 0 Å². The third kappa shape index (κ3) is 4.15. The third-order valence-corrected chi connectivity index (χ3v) is 6.26. The number of carboxylic acid groups (broad SMARTS) is 1. The van der Waals surface area contributed by atoms with Gasteiger partial charge >= 0.3 is 5.97 Å². The molecular formula is C26H29FN2O2. The molecule has 1 aromatic heterocycles. The first-order valence-electron chi connectivity index (χ1n) is 10.7. The van der Waals surface area contributed by atoms with E-state index in [0.717, 1.165) is 29.1 Å². The van der Waals surface area contributed by atoms with Crippen LogP contribution >= 0.6 is 0 Å². The fourth-order valence-electron chi connectivity index (χ4n) is 4.72. The largest absolute Gasteiger partial charge is 0.478 e. The first-order valence-corrected chi connectivity index (χ1v) is 10.7. The van der Waals surface area contributed by atoms with E-state index in [9.17, 15) is 9.18 Å². The average molecular weight is 421 g/mol. The van der Waals surface area contributed by atoms with Gasteiger partial charge in [-0.1, -0.05) is 49.4 Å². The van der Waals surface area contributed by atoms with Gasteiger partial charge in [0.1, 0.15) is 0 Å². The Morgan fingerprint density at radius 3 is 2.65 bits per heavy atom. The summed E-state index contributed by atoms with van der Waals surface area (Å²) in [5, 5.41) is 10.1. The van der Waals surface area contributed by atoms with Crippen molar-refractivity contribution in [3.8, 4) is 0 Å². The van der Waals surface area contributed by atoms with Gasteiger partial charge in [-0.3, -0.25) is 9.29 Å². The van der Waals surface area contributed by atoms with E-state index in [4.69, 9.17) is 5.11 Å². The number of fused-ring (bicyclic) bond motifs is 3. The van der Waals surface area contributed by atoms with Gasteiger partial charge < -0.3 is 10.1 Å². The summed E-state index contributed by atoms with van der Waals surface area (Å²) in [6, 6.07) is 16.3. The molecule has 3 aromatic rings. The van der Waals surface area contributed by atoms with E-state index in [0.29, 0.717) is 6.54 Å². The van der Waals surface area contributed by atoms with Crippen LogP contribution in [0.2, 0.25) is 0 Å². The molecule has 4 nitrogen and oxygen atoms in total. The normalized spacial score (nSPS) is 19.5. The minimum absolute atomic E-state index is 0.0300. The Labute approximate surface area is 182 Å². The summed E-state index contributed by atoms with van der Waals surface area (Å²) in [4.78, 5) is 16.9. The number of alkyl halides is 1. The van der Waals surface area contributed by atoms with Crippen molar-refractivity contribution in [3.63, 3.8) is 0 Å². The van der Waals surface area contributed by atoms with E-state index in [2.05, 4.69) is 54.1 Å². The summed E-state index contributed by atoms with van der Waals surface area (Å²) in [7, 11) is 0. The number of aromatic nitrogens is 1. The summed E-state index contributed by atoms with van der Waals surface area (Å²) >= 11 is 0. The first kappa shape index (κ1) is 21.3. The summed E-state index contributed by atoms with van der Waals surface area (Å²) in [6.45, 7) is 6.73. The van der Waals surface area contributed by atoms with Crippen molar-refractivity contribution in [1.82, 2.24) is 9.88 Å². The Morgan fingerprint density at radius 2 is 1.97 bits per heavy atom. The molecule has 2 atom stereocenters. The number of nitrogens with one attached hydrogen (secondary N) is 1.